The largest absolute Gasteiger partial charge is 0.435 e. The molecule has 0 fully saturated rings. The van der Waals surface area contributed by atoms with Gasteiger partial charge in [-0.25, -0.2) is 15.3 Å². The molecule has 0 unspecified atom stereocenters. The van der Waals surface area contributed by atoms with Crippen LogP contribution < -0.4 is 10.8 Å². The predicted molar refractivity (Wildman–Crippen MR) is 120 cm³/mol. The molecule has 8 heteroatoms. The van der Waals surface area contributed by atoms with Gasteiger partial charge in [-0.2, -0.15) is 0 Å². The molecular weight excluding hydrogens is 423 g/mol. The summed E-state index contributed by atoms with van der Waals surface area (Å²) >= 11 is 12.0. The van der Waals surface area contributed by atoms with E-state index in [-0.39, 0.29) is 6.54 Å². The lowest BCUT2D eigenvalue weighted by molar-refractivity contribution is 0.134. The Morgan fingerprint density at radius 1 is 0.933 bits per heavy atom. The Balaban J connectivity index is 1.52. The molecule has 3 aromatic rings. The minimum Gasteiger partial charge on any atom is -0.323 e. The fraction of sp³-hybridized carbons (Fsp3) is 0.0455. The van der Waals surface area contributed by atoms with E-state index in [1.807, 2.05) is 36.4 Å². The van der Waals surface area contributed by atoms with Crippen molar-refractivity contribution in [3.63, 3.8) is 0 Å². The number of hydrogen-bond acceptors (Lipinski definition) is 5. The number of nitrogens with one attached hydrogen (secondary N) is 2. The molecule has 30 heavy (non-hydrogen) atoms. The number of benzene rings is 3. The summed E-state index contributed by atoms with van der Waals surface area (Å²) in [6.45, 7) is 0.199. The molecule has 0 spiro atoms. The van der Waals surface area contributed by atoms with Crippen LogP contribution in [0.15, 0.2) is 82.8 Å². The molecule has 0 aromatic heterocycles. The maximum atomic E-state index is 12.1. The van der Waals surface area contributed by atoms with Gasteiger partial charge in [0, 0.05) is 26.9 Å². The molecule has 150 valence electrons. The van der Waals surface area contributed by atoms with Crippen LogP contribution in [0.25, 0.3) is 0 Å². The standard InChI is InChI=1S/C22H16Cl2N4O2/c23-15-6-9-17(10-7-15)26-22(29)30-28-20-13-25-21(14-4-2-1-3-5-14)18-12-16(24)8-11-19(18)27-20/h1-12H,13H2,(H,26,29)(H,27,28). The van der Waals surface area contributed by atoms with Crippen molar-refractivity contribution in [2.45, 2.75) is 0 Å². The summed E-state index contributed by atoms with van der Waals surface area (Å²) in [5, 5.41) is 3.76. The first kappa shape index (κ1) is 19.9. The normalized spacial score (nSPS) is 12.7. The molecule has 0 saturated heterocycles. The Hall–Kier alpha value is -3.35. The van der Waals surface area contributed by atoms with Crippen molar-refractivity contribution in [2.24, 2.45) is 9.98 Å². The molecule has 1 aliphatic heterocycles. The van der Waals surface area contributed by atoms with Gasteiger partial charge < -0.3 is 4.84 Å². The summed E-state index contributed by atoms with van der Waals surface area (Å²) in [6, 6.07) is 21.8. The minimum atomic E-state index is -0.687. The fourth-order valence-corrected chi connectivity index (χ4v) is 3.19. The molecule has 3 aromatic carbocycles. The second-order valence-corrected chi connectivity index (χ2v) is 7.25. The summed E-state index contributed by atoms with van der Waals surface area (Å²) in [7, 11) is 0. The number of aliphatic imine (C=N–C) groups is 2. The number of halogens is 2. The first-order valence-electron chi connectivity index (χ1n) is 9.05. The Morgan fingerprint density at radius 3 is 2.43 bits per heavy atom. The molecule has 0 saturated carbocycles. The van der Waals surface area contributed by atoms with Gasteiger partial charge in [0.25, 0.3) is 0 Å². The number of carbonyl (C=O) groups excluding carboxylic acids is 1. The molecule has 0 bridgehead atoms. The first-order valence-corrected chi connectivity index (χ1v) is 9.81. The lowest BCUT2D eigenvalue weighted by Gasteiger charge is -2.09. The van der Waals surface area contributed by atoms with E-state index < -0.39 is 6.09 Å². The highest BCUT2D eigenvalue weighted by molar-refractivity contribution is 6.31. The van der Waals surface area contributed by atoms with E-state index in [1.165, 1.54) is 0 Å². The van der Waals surface area contributed by atoms with Crippen molar-refractivity contribution >= 4 is 52.2 Å². The average molecular weight is 439 g/mol. The lowest BCUT2D eigenvalue weighted by atomic mass is 10.0. The highest BCUT2D eigenvalue weighted by Gasteiger charge is 2.17. The lowest BCUT2D eigenvalue weighted by Crippen LogP contribution is -2.31. The Kier molecular flexibility index (Phi) is 5.97. The van der Waals surface area contributed by atoms with Crippen LogP contribution in [0.5, 0.6) is 0 Å². The smallest absolute Gasteiger partial charge is 0.323 e. The van der Waals surface area contributed by atoms with E-state index in [4.69, 9.17) is 28.0 Å². The van der Waals surface area contributed by atoms with E-state index in [0.29, 0.717) is 27.3 Å². The zero-order chi connectivity index (χ0) is 20.9. The molecule has 0 aliphatic carbocycles. The molecule has 2 N–H and O–H groups in total. The second kappa shape index (κ2) is 8.98. The number of nitrogens with zero attached hydrogens (tertiary/aromatic N) is 2. The third-order valence-electron chi connectivity index (χ3n) is 4.26. The molecule has 0 radical (unpaired) electrons. The quantitative estimate of drug-likeness (QED) is 0.509. The van der Waals surface area contributed by atoms with E-state index in [1.54, 1.807) is 36.4 Å². The number of amides is 1. The van der Waals surface area contributed by atoms with E-state index >= 15 is 0 Å². The van der Waals surface area contributed by atoms with Gasteiger partial charge in [0.1, 0.15) is 6.54 Å². The molecule has 0 atom stereocenters. The van der Waals surface area contributed by atoms with Crippen molar-refractivity contribution in [1.82, 2.24) is 5.48 Å². The number of anilines is 1. The third-order valence-corrected chi connectivity index (χ3v) is 4.74. The number of hydroxylamine groups is 1. The van der Waals surface area contributed by atoms with Gasteiger partial charge in [0.15, 0.2) is 5.84 Å². The summed E-state index contributed by atoms with van der Waals surface area (Å²) < 4.78 is 0. The van der Waals surface area contributed by atoms with Gasteiger partial charge in [0.05, 0.1) is 11.4 Å². The molecule has 1 amide bonds. The summed E-state index contributed by atoms with van der Waals surface area (Å²) in [6.07, 6.45) is -0.687. The van der Waals surface area contributed by atoms with Crippen LogP contribution in [-0.2, 0) is 4.84 Å². The number of fused-ring (bicyclic) bond motifs is 1. The summed E-state index contributed by atoms with van der Waals surface area (Å²) in [5.74, 6) is 0.385. The van der Waals surface area contributed by atoms with Crippen LogP contribution >= 0.6 is 23.2 Å². The number of rotatable bonds is 2. The SMILES string of the molecule is O=C(Nc1ccc(Cl)cc1)ONC1=Nc2ccc(Cl)cc2C(c2ccccc2)=NC1. The average Bonchev–Trinajstić information content (AvgIpc) is 2.93. The van der Waals surface area contributed by atoms with Crippen LogP contribution in [0.4, 0.5) is 16.2 Å². The molecule has 1 aliphatic rings. The molecule has 1 heterocycles. The minimum absolute atomic E-state index is 0.199. The van der Waals surface area contributed by atoms with Crippen LogP contribution in [0, 0.1) is 0 Å². The van der Waals surface area contributed by atoms with Gasteiger partial charge in [-0.15, -0.1) is 0 Å². The highest BCUT2D eigenvalue weighted by atomic mass is 35.5. The number of hydrogen-bond donors (Lipinski definition) is 2. The molecular formula is C22H16Cl2N4O2. The van der Waals surface area contributed by atoms with Crippen molar-refractivity contribution < 1.29 is 9.63 Å². The van der Waals surface area contributed by atoms with Crippen LogP contribution in [0.1, 0.15) is 11.1 Å². The topological polar surface area (TPSA) is 75.1 Å². The number of amidine groups is 1. The maximum Gasteiger partial charge on any atom is 0.435 e. The maximum absolute atomic E-state index is 12.1. The molecule has 6 nitrogen and oxygen atoms in total. The third kappa shape index (κ3) is 4.79. The second-order valence-electron chi connectivity index (χ2n) is 6.37. The van der Waals surface area contributed by atoms with E-state index in [2.05, 4.69) is 20.8 Å². The predicted octanol–water partition coefficient (Wildman–Crippen LogP) is 5.63. The highest BCUT2D eigenvalue weighted by Crippen LogP contribution is 2.28. The van der Waals surface area contributed by atoms with Gasteiger partial charge >= 0.3 is 6.09 Å². The fourth-order valence-electron chi connectivity index (χ4n) is 2.90. The van der Waals surface area contributed by atoms with E-state index in [0.717, 1.165) is 16.8 Å². The summed E-state index contributed by atoms with van der Waals surface area (Å²) in [4.78, 5) is 26.4. The van der Waals surface area contributed by atoms with Crippen LogP contribution in [-0.4, -0.2) is 24.2 Å². The van der Waals surface area contributed by atoms with Gasteiger partial charge in [-0.05, 0) is 42.5 Å². The van der Waals surface area contributed by atoms with Gasteiger partial charge in [0.2, 0.25) is 0 Å². The zero-order valence-corrected chi connectivity index (χ0v) is 17.1. The zero-order valence-electron chi connectivity index (χ0n) is 15.6. The van der Waals surface area contributed by atoms with Crippen LogP contribution in [0.3, 0.4) is 0 Å². The van der Waals surface area contributed by atoms with Gasteiger partial charge in [-0.3, -0.25) is 10.3 Å². The monoisotopic (exact) mass is 438 g/mol. The van der Waals surface area contributed by atoms with Crippen molar-refractivity contribution in [3.8, 4) is 0 Å². The van der Waals surface area contributed by atoms with Crippen molar-refractivity contribution in [3.05, 3.63) is 94.0 Å². The Morgan fingerprint density at radius 2 is 1.67 bits per heavy atom. The molecule has 4 rings (SSSR count). The van der Waals surface area contributed by atoms with Gasteiger partial charge in [-0.1, -0.05) is 53.5 Å². The van der Waals surface area contributed by atoms with Crippen molar-refractivity contribution in [1.29, 1.82) is 0 Å². The Bertz CT molecular complexity index is 1130. The van der Waals surface area contributed by atoms with Crippen LogP contribution in [0.2, 0.25) is 10.0 Å². The number of carbonyl (C=O) groups is 1. The summed E-state index contributed by atoms with van der Waals surface area (Å²) in [5.41, 5.74) is 6.33. The van der Waals surface area contributed by atoms with Crippen molar-refractivity contribution in [2.75, 3.05) is 11.9 Å². The van der Waals surface area contributed by atoms with E-state index in [9.17, 15) is 4.79 Å². The first-order chi connectivity index (χ1) is 14.6. The Labute approximate surface area is 183 Å².